The van der Waals surface area contributed by atoms with E-state index in [1.54, 1.807) is 18.4 Å². The number of hydrogen-bond donors (Lipinski definition) is 0. The van der Waals surface area contributed by atoms with Crippen molar-refractivity contribution in [1.29, 1.82) is 0 Å². The van der Waals surface area contributed by atoms with Gasteiger partial charge in [-0.3, -0.25) is 0 Å². The Kier molecular flexibility index (Phi) is 3.11. The van der Waals surface area contributed by atoms with Crippen LogP contribution in [0.2, 0.25) is 0 Å². The Labute approximate surface area is 157 Å². The van der Waals surface area contributed by atoms with Crippen LogP contribution in [0, 0.1) is 17.8 Å². The first kappa shape index (κ1) is 15.2. The number of nitrogens with zero attached hydrogens (tertiary/aromatic N) is 3. The van der Waals surface area contributed by atoms with Crippen molar-refractivity contribution >= 4 is 16.3 Å². The lowest BCUT2D eigenvalue weighted by molar-refractivity contribution is -0.00698. The summed E-state index contributed by atoms with van der Waals surface area (Å²) in [6.45, 7) is 0. The van der Waals surface area contributed by atoms with Crippen LogP contribution in [-0.4, -0.2) is 21.7 Å². The standard InChI is InChI=1S/C21H23N3OS/c1-25-17-4-2-16(3-5-17)19-23-24-12-18(22-20(24)26-19)21-9-13-6-14(10-21)8-15(7-13)11-21/h2-5,12-15H,6-11H2,1H3. The highest BCUT2D eigenvalue weighted by molar-refractivity contribution is 7.19. The maximum Gasteiger partial charge on any atom is 0.212 e. The first-order valence-corrected chi connectivity index (χ1v) is 10.5. The highest BCUT2D eigenvalue weighted by atomic mass is 32.1. The van der Waals surface area contributed by atoms with Gasteiger partial charge in [0.05, 0.1) is 19.0 Å². The number of fused-ring (bicyclic) bond motifs is 1. The Hall–Kier alpha value is -1.88. The summed E-state index contributed by atoms with van der Waals surface area (Å²) in [6, 6.07) is 8.11. The third kappa shape index (κ3) is 2.19. The summed E-state index contributed by atoms with van der Waals surface area (Å²) >= 11 is 1.69. The molecule has 2 aromatic heterocycles. The fourth-order valence-electron chi connectivity index (χ4n) is 6.23. The second-order valence-electron chi connectivity index (χ2n) is 8.69. The van der Waals surface area contributed by atoms with Crippen LogP contribution in [-0.2, 0) is 5.41 Å². The molecular formula is C21H23N3OS. The smallest absolute Gasteiger partial charge is 0.212 e. The lowest BCUT2D eigenvalue weighted by Gasteiger charge is -2.56. The zero-order valence-corrected chi connectivity index (χ0v) is 15.8. The van der Waals surface area contributed by atoms with Gasteiger partial charge in [0.1, 0.15) is 10.8 Å². The van der Waals surface area contributed by atoms with Crippen molar-refractivity contribution in [2.24, 2.45) is 17.8 Å². The Bertz CT molecular complexity index is 904. The van der Waals surface area contributed by atoms with Crippen LogP contribution in [0.3, 0.4) is 0 Å². The number of ether oxygens (including phenoxy) is 1. The Morgan fingerprint density at radius 2 is 1.69 bits per heavy atom. The van der Waals surface area contributed by atoms with E-state index in [-0.39, 0.29) is 0 Å². The van der Waals surface area contributed by atoms with Crippen molar-refractivity contribution in [3.05, 3.63) is 36.2 Å². The minimum Gasteiger partial charge on any atom is -0.497 e. The second kappa shape index (κ2) is 5.32. The van der Waals surface area contributed by atoms with Crippen LogP contribution in [0.25, 0.3) is 15.5 Å². The van der Waals surface area contributed by atoms with Crippen LogP contribution < -0.4 is 4.74 Å². The van der Waals surface area contributed by atoms with E-state index < -0.39 is 0 Å². The van der Waals surface area contributed by atoms with E-state index in [1.165, 1.54) is 44.2 Å². The van der Waals surface area contributed by atoms with Crippen LogP contribution in [0.15, 0.2) is 30.5 Å². The molecule has 4 fully saturated rings. The third-order valence-corrected chi connectivity index (χ3v) is 7.93. The summed E-state index contributed by atoms with van der Waals surface area (Å²) in [5.74, 6) is 3.72. The third-order valence-electron chi connectivity index (χ3n) is 6.96. The predicted octanol–water partition coefficient (Wildman–Crippen LogP) is 4.93. The molecular weight excluding hydrogens is 342 g/mol. The zero-order valence-electron chi connectivity index (χ0n) is 15.0. The minimum absolute atomic E-state index is 0.350. The molecule has 0 aliphatic heterocycles. The molecule has 0 radical (unpaired) electrons. The molecule has 0 unspecified atom stereocenters. The van der Waals surface area contributed by atoms with Gasteiger partial charge in [-0.05, 0) is 80.5 Å². The zero-order chi connectivity index (χ0) is 17.3. The SMILES string of the molecule is COc1ccc(-c2nn3cc(C45CC6CC(CC(C6)C4)C5)nc3s2)cc1. The van der Waals surface area contributed by atoms with Gasteiger partial charge in [0.15, 0.2) is 0 Å². The van der Waals surface area contributed by atoms with Crippen molar-refractivity contribution < 1.29 is 4.74 Å². The van der Waals surface area contributed by atoms with Crippen LogP contribution >= 0.6 is 11.3 Å². The number of imidazole rings is 1. The second-order valence-corrected chi connectivity index (χ2v) is 9.64. The molecule has 4 bridgehead atoms. The number of aromatic nitrogens is 3. The molecule has 4 aliphatic carbocycles. The lowest BCUT2D eigenvalue weighted by Crippen LogP contribution is -2.48. The molecule has 4 aliphatic rings. The van der Waals surface area contributed by atoms with Crippen molar-refractivity contribution in [3.63, 3.8) is 0 Å². The molecule has 2 heterocycles. The quantitative estimate of drug-likeness (QED) is 0.660. The Balaban J connectivity index is 1.35. The first-order chi connectivity index (χ1) is 12.7. The van der Waals surface area contributed by atoms with E-state index in [0.717, 1.165) is 39.0 Å². The highest BCUT2D eigenvalue weighted by Gasteiger charge is 2.52. The molecule has 0 amide bonds. The van der Waals surface area contributed by atoms with E-state index in [0.29, 0.717) is 5.41 Å². The Morgan fingerprint density at radius 3 is 2.27 bits per heavy atom. The Morgan fingerprint density at radius 1 is 1.04 bits per heavy atom. The van der Waals surface area contributed by atoms with Gasteiger partial charge in [0.25, 0.3) is 0 Å². The molecule has 7 rings (SSSR count). The molecule has 3 aromatic rings. The van der Waals surface area contributed by atoms with Gasteiger partial charge in [-0.2, -0.15) is 5.10 Å². The predicted molar refractivity (Wildman–Crippen MR) is 103 cm³/mol. The molecule has 0 saturated heterocycles. The van der Waals surface area contributed by atoms with Crippen molar-refractivity contribution in [3.8, 4) is 16.3 Å². The number of benzene rings is 1. The van der Waals surface area contributed by atoms with E-state index in [9.17, 15) is 0 Å². The molecule has 26 heavy (non-hydrogen) atoms. The maximum atomic E-state index is 5.25. The summed E-state index contributed by atoms with van der Waals surface area (Å²) in [5, 5.41) is 5.84. The molecule has 0 spiro atoms. The van der Waals surface area contributed by atoms with Crippen LogP contribution in [0.4, 0.5) is 0 Å². The van der Waals surface area contributed by atoms with Gasteiger partial charge < -0.3 is 4.74 Å². The van der Waals surface area contributed by atoms with E-state index >= 15 is 0 Å². The fraction of sp³-hybridized carbons (Fsp3) is 0.524. The summed E-state index contributed by atoms with van der Waals surface area (Å²) in [7, 11) is 1.69. The lowest BCUT2D eigenvalue weighted by atomic mass is 9.49. The summed E-state index contributed by atoms with van der Waals surface area (Å²) in [6.07, 6.45) is 10.7. The van der Waals surface area contributed by atoms with Crippen molar-refractivity contribution in [1.82, 2.24) is 14.6 Å². The average Bonchev–Trinajstić information content (AvgIpc) is 3.20. The number of hydrogen-bond acceptors (Lipinski definition) is 4. The molecule has 134 valence electrons. The van der Waals surface area contributed by atoms with Gasteiger partial charge in [-0.1, -0.05) is 11.3 Å². The van der Waals surface area contributed by atoms with Gasteiger partial charge in [0, 0.05) is 11.0 Å². The average molecular weight is 366 g/mol. The normalized spacial score (nSPS) is 32.4. The molecule has 4 nitrogen and oxygen atoms in total. The van der Waals surface area contributed by atoms with Gasteiger partial charge in [0.2, 0.25) is 4.96 Å². The molecule has 0 atom stereocenters. The van der Waals surface area contributed by atoms with Gasteiger partial charge >= 0.3 is 0 Å². The summed E-state index contributed by atoms with van der Waals surface area (Å²) < 4.78 is 7.26. The molecule has 5 heteroatoms. The first-order valence-electron chi connectivity index (χ1n) is 9.72. The topological polar surface area (TPSA) is 39.4 Å². The van der Waals surface area contributed by atoms with Crippen molar-refractivity contribution in [2.75, 3.05) is 7.11 Å². The van der Waals surface area contributed by atoms with E-state index in [4.69, 9.17) is 14.8 Å². The van der Waals surface area contributed by atoms with Gasteiger partial charge in [-0.25, -0.2) is 9.50 Å². The molecule has 1 aromatic carbocycles. The summed E-state index contributed by atoms with van der Waals surface area (Å²) in [5.41, 5.74) is 2.79. The molecule has 4 saturated carbocycles. The molecule has 0 N–H and O–H groups in total. The minimum atomic E-state index is 0.350. The monoisotopic (exact) mass is 365 g/mol. The van der Waals surface area contributed by atoms with E-state index in [1.807, 2.05) is 16.6 Å². The number of methoxy groups -OCH3 is 1. The van der Waals surface area contributed by atoms with Crippen LogP contribution in [0.5, 0.6) is 5.75 Å². The largest absolute Gasteiger partial charge is 0.497 e. The van der Waals surface area contributed by atoms with E-state index in [2.05, 4.69) is 18.3 Å². The number of rotatable bonds is 3. The van der Waals surface area contributed by atoms with Gasteiger partial charge in [-0.15, -0.1) is 0 Å². The van der Waals surface area contributed by atoms with Crippen molar-refractivity contribution in [2.45, 2.75) is 43.9 Å². The van der Waals surface area contributed by atoms with Crippen LogP contribution in [0.1, 0.15) is 44.2 Å². The fourth-order valence-corrected chi connectivity index (χ4v) is 7.12. The maximum absolute atomic E-state index is 5.25. The summed E-state index contributed by atoms with van der Waals surface area (Å²) in [4.78, 5) is 6.11. The highest BCUT2D eigenvalue weighted by Crippen LogP contribution is 2.60.